The molecule has 0 bridgehead atoms. The minimum Gasteiger partial charge on any atom is -0.341 e. The van der Waals surface area contributed by atoms with Crippen LogP contribution >= 0.6 is 23.2 Å². The van der Waals surface area contributed by atoms with E-state index < -0.39 is 5.82 Å². The maximum Gasteiger partial charge on any atom is 0.233 e. The zero-order valence-corrected chi connectivity index (χ0v) is 13.1. The molecule has 8 heteroatoms. The molecular formula is C13H14Cl2FN5. The summed E-state index contributed by atoms with van der Waals surface area (Å²) in [5.74, 6) is 0.124. The largest absolute Gasteiger partial charge is 0.341 e. The van der Waals surface area contributed by atoms with Crippen LogP contribution in [0.3, 0.4) is 0 Å². The standard InChI is InChI=1S/C13H14Cl2FN5/c1-3-21(4-2)13-19-11(15)18-12(20-13)17-10-6-5-8(14)7-9(10)16/h5-7H,3-4H2,1-2H3,(H,17,18,19,20). The Kier molecular flexibility index (Phi) is 5.14. The minimum absolute atomic E-state index is 0.0452. The smallest absolute Gasteiger partial charge is 0.233 e. The van der Waals surface area contributed by atoms with Gasteiger partial charge in [0, 0.05) is 18.1 Å². The average molecular weight is 330 g/mol. The van der Waals surface area contributed by atoms with Gasteiger partial charge in [0.15, 0.2) is 0 Å². The fraction of sp³-hybridized carbons (Fsp3) is 0.308. The maximum atomic E-state index is 13.8. The van der Waals surface area contributed by atoms with Crippen LogP contribution in [0.25, 0.3) is 0 Å². The van der Waals surface area contributed by atoms with Gasteiger partial charge in [0.1, 0.15) is 5.82 Å². The molecule has 0 amide bonds. The third kappa shape index (κ3) is 3.92. The van der Waals surface area contributed by atoms with Gasteiger partial charge >= 0.3 is 0 Å². The number of aromatic nitrogens is 3. The normalized spacial score (nSPS) is 10.5. The van der Waals surface area contributed by atoms with Gasteiger partial charge in [-0.25, -0.2) is 4.39 Å². The van der Waals surface area contributed by atoms with Gasteiger partial charge in [-0.15, -0.1) is 0 Å². The Morgan fingerprint density at radius 3 is 2.48 bits per heavy atom. The molecule has 0 aliphatic heterocycles. The van der Waals surface area contributed by atoms with Crippen LogP contribution in [0.5, 0.6) is 0 Å². The average Bonchev–Trinajstić information content (AvgIpc) is 2.43. The van der Waals surface area contributed by atoms with Gasteiger partial charge in [-0.3, -0.25) is 0 Å². The SMILES string of the molecule is CCN(CC)c1nc(Cl)nc(Nc2ccc(Cl)cc2F)n1. The van der Waals surface area contributed by atoms with Crippen molar-refractivity contribution in [3.05, 3.63) is 34.3 Å². The number of nitrogens with zero attached hydrogens (tertiary/aromatic N) is 4. The zero-order chi connectivity index (χ0) is 15.4. The topological polar surface area (TPSA) is 53.9 Å². The number of benzene rings is 1. The fourth-order valence-electron chi connectivity index (χ4n) is 1.75. The predicted octanol–water partition coefficient (Wildman–Crippen LogP) is 3.91. The number of anilines is 3. The third-order valence-corrected chi connectivity index (χ3v) is 3.22. The third-order valence-electron chi connectivity index (χ3n) is 2.82. The van der Waals surface area contributed by atoms with E-state index in [1.165, 1.54) is 12.1 Å². The number of halogens is 3. The summed E-state index contributed by atoms with van der Waals surface area (Å²) in [5, 5.41) is 3.14. The molecule has 1 heterocycles. The minimum atomic E-state index is -0.497. The van der Waals surface area contributed by atoms with Gasteiger partial charge in [-0.2, -0.15) is 15.0 Å². The highest BCUT2D eigenvalue weighted by Gasteiger charge is 2.11. The van der Waals surface area contributed by atoms with E-state index in [-0.39, 0.29) is 16.9 Å². The highest BCUT2D eigenvalue weighted by molar-refractivity contribution is 6.30. The Hall–Kier alpha value is -1.66. The van der Waals surface area contributed by atoms with E-state index in [1.54, 1.807) is 6.07 Å². The van der Waals surface area contributed by atoms with E-state index in [9.17, 15) is 4.39 Å². The first-order chi connectivity index (χ1) is 10.0. The quantitative estimate of drug-likeness (QED) is 0.901. The van der Waals surface area contributed by atoms with Crippen LogP contribution in [0.2, 0.25) is 10.3 Å². The highest BCUT2D eigenvalue weighted by atomic mass is 35.5. The lowest BCUT2D eigenvalue weighted by atomic mass is 10.3. The molecule has 0 radical (unpaired) electrons. The van der Waals surface area contributed by atoms with E-state index in [0.717, 1.165) is 13.1 Å². The first-order valence-electron chi connectivity index (χ1n) is 6.42. The Bertz CT molecular complexity index is 634. The highest BCUT2D eigenvalue weighted by Crippen LogP contribution is 2.22. The molecule has 1 aromatic heterocycles. The molecule has 0 aliphatic rings. The van der Waals surface area contributed by atoms with Gasteiger partial charge in [-0.1, -0.05) is 11.6 Å². The summed E-state index contributed by atoms with van der Waals surface area (Å²) in [6, 6.07) is 4.28. The van der Waals surface area contributed by atoms with Crippen molar-refractivity contribution in [3.63, 3.8) is 0 Å². The van der Waals surface area contributed by atoms with Crippen molar-refractivity contribution < 1.29 is 4.39 Å². The fourth-order valence-corrected chi connectivity index (χ4v) is 2.07. The molecule has 0 atom stereocenters. The first kappa shape index (κ1) is 15.7. The summed E-state index contributed by atoms with van der Waals surface area (Å²) in [4.78, 5) is 14.2. The van der Waals surface area contributed by atoms with Crippen molar-refractivity contribution in [2.75, 3.05) is 23.3 Å². The predicted molar refractivity (Wildman–Crippen MR) is 83.1 cm³/mol. The van der Waals surface area contributed by atoms with Crippen LogP contribution in [0, 0.1) is 5.82 Å². The summed E-state index contributed by atoms with van der Waals surface area (Å²) in [5.41, 5.74) is 0.215. The number of nitrogens with one attached hydrogen (secondary N) is 1. The zero-order valence-electron chi connectivity index (χ0n) is 11.6. The Morgan fingerprint density at radius 1 is 1.14 bits per heavy atom. The second-order valence-electron chi connectivity index (χ2n) is 4.15. The number of hydrogen-bond acceptors (Lipinski definition) is 5. The molecule has 2 rings (SSSR count). The summed E-state index contributed by atoms with van der Waals surface area (Å²) < 4.78 is 13.8. The van der Waals surface area contributed by atoms with Crippen LogP contribution in [-0.4, -0.2) is 28.0 Å². The monoisotopic (exact) mass is 329 g/mol. The Labute approximate surface area is 132 Å². The van der Waals surface area contributed by atoms with Gasteiger partial charge in [0.05, 0.1) is 5.69 Å². The molecule has 0 unspecified atom stereocenters. The van der Waals surface area contributed by atoms with Crippen LogP contribution in [0.4, 0.5) is 22.0 Å². The molecule has 0 saturated heterocycles. The molecule has 1 aromatic carbocycles. The molecular weight excluding hydrogens is 316 g/mol. The van der Waals surface area contributed by atoms with Crippen molar-refractivity contribution in [1.82, 2.24) is 15.0 Å². The Balaban J connectivity index is 2.31. The second kappa shape index (κ2) is 6.87. The number of rotatable bonds is 5. The molecule has 5 nitrogen and oxygen atoms in total. The molecule has 1 N–H and O–H groups in total. The lowest BCUT2D eigenvalue weighted by Gasteiger charge is -2.18. The van der Waals surface area contributed by atoms with Crippen LogP contribution in [0.15, 0.2) is 18.2 Å². The summed E-state index contributed by atoms with van der Waals surface area (Å²) in [6.45, 7) is 5.41. The van der Waals surface area contributed by atoms with Crippen LogP contribution in [-0.2, 0) is 0 Å². The van der Waals surface area contributed by atoms with Crippen LogP contribution < -0.4 is 10.2 Å². The van der Waals surface area contributed by atoms with Crippen molar-refractivity contribution in [3.8, 4) is 0 Å². The maximum absolute atomic E-state index is 13.8. The van der Waals surface area contributed by atoms with E-state index in [1.807, 2.05) is 18.7 Å². The van der Waals surface area contributed by atoms with E-state index >= 15 is 0 Å². The van der Waals surface area contributed by atoms with E-state index in [2.05, 4.69) is 20.3 Å². The second-order valence-corrected chi connectivity index (χ2v) is 4.92. The molecule has 0 saturated carbocycles. The number of hydrogen-bond donors (Lipinski definition) is 1. The molecule has 0 fully saturated rings. The summed E-state index contributed by atoms with van der Waals surface area (Å²) in [7, 11) is 0. The van der Waals surface area contributed by atoms with Crippen LogP contribution in [0.1, 0.15) is 13.8 Å². The summed E-state index contributed by atoms with van der Waals surface area (Å²) >= 11 is 11.6. The van der Waals surface area contributed by atoms with Gasteiger partial charge in [-0.05, 0) is 43.6 Å². The lowest BCUT2D eigenvalue weighted by Crippen LogP contribution is -2.24. The molecule has 0 aliphatic carbocycles. The van der Waals surface area contributed by atoms with E-state index in [4.69, 9.17) is 23.2 Å². The van der Waals surface area contributed by atoms with Crippen molar-refractivity contribution in [1.29, 1.82) is 0 Å². The molecule has 21 heavy (non-hydrogen) atoms. The van der Waals surface area contributed by atoms with E-state index in [0.29, 0.717) is 11.0 Å². The summed E-state index contributed by atoms with van der Waals surface area (Å²) in [6.07, 6.45) is 0. The van der Waals surface area contributed by atoms with Gasteiger partial charge in [0.2, 0.25) is 17.2 Å². The molecule has 0 spiro atoms. The Morgan fingerprint density at radius 2 is 1.86 bits per heavy atom. The first-order valence-corrected chi connectivity index (χ1v) is 7.17. The molecule has 2 aromatic rings. The van der Waals surface area contributed by atoms with Crippen molar-refractivity contribution in [2.45, 2.75) is 13.8 Å². The lowest BCUT2D eigenvalue weighted by molar-refractivity contribution is 0.631. The van der Waals surface area contributed by atoms with Crippen molar-refractivity contribution in [2.24, 2.45) is 0 Å². The van der Waals surface area contributed by atoms with Gasteiger partial charge in [0.25, 0.3) is 0 Å². The molecule has 112 valence electrons. The van der Waals surface area contributed by atoms with Gasteiger partial charge < -0.3 is 10.2 Å². The van der Waals surface area contributed by atoms with Crippen molar-refractivity contribution >= 4 is 40.8 Å².